The first-order valence-corrected chi connectivity index (χ1v) is 7.06. The number of aromatic nitrogens is 1. The molecule has 2 rings (SSSR count). The van der Waals surface area contributed by atoms with Crippen LogP contribution in [0.5, 0.6) is 0 Å². The van der Waals surface area contributed by atoms with Gasteiger partial charge >= 0.3 is 11.9 Å². The monoisotopic (exact) mass is 321 g/mol. The number of aromatic amines is 1. The number of furan rings is 1. The van der Waals surface area contributed by atoms with Crippen molar-refractivity contribution in [3.63, 3.8) is 0 Å². The zero-order valence-corrected chi connectivity index (χ0v) is 13.4. The molecule has 0 saturated heterocycles. The summed E-state index contributed by atoms with van der Waals surface area (Å²) in [4.78, 5) is 26.4. The first kappa shape index (κ1) is 16.8. The normalized spacial score (nSPS) is 12.0. The molecule has 0 amide bonds. The van der Waals surface area contributed by atoms with Crippen LogP contribution in [-0.2, 0) is 16.1 Å². The van der Waals surface area contributed by atoms with Gasteiger partial charge in [0.2, 0.25) is 5.76 Å². The van der Waals surface area contributed by atoms with Crippen molar-refractivity contribution in [2.45, 2.75) is 33.5 Å². The van der Waals surface area contributed by atoms with Gasteiger partial charge in [0.25, 0.3) is 0 Å². The number of carbonyl (C=O) groups excluding carboxylic acids is 2. The summed E-state index contributed by atoms with van der Waals surface area (Å²) in [5.41, 5.74) is 2.34. The summed E-state index contributed by atoms with van der Waals surface area (Å²) in [6.07, 6.45) is -0.680. The van der Waals surface area contributed by atoms with Crippen LogP contribution in [0.15, 0.2) is 16.5 Å². The molecule has 2 heterocycles. The van der Waals surface area contributed by atoms with Crippen molar-refractivity contribution in [1.29, 1.82) is 0 Å². The van der Waals surface area contributed by atoms with Crippen LogP contribution in [-0.4, -0.2) is 29.1 Å². The van der Waals surface area contributed by atoms with Crippen molar-refractivity contribution in [2.75, 3.05) is 7.11 Å². The lowest BCUT2D eigenvalue weighted by Gasteiger charge is -2.05. The molecule has 0 aliphatic heterocycles. The summed E-state index contributed by atoms with van der Waals surface area (Å²) >= 11 is 0. The fraction of sp³-hybridized carbons (Fsp3) is 0.375. The Morgan fingerprint density at radius 3 is 2.57 bits per heavy atom. The molecule has 0 aliphatic carbocycles. The van der Waals surface area contributed by atoms with Gasteiger partial charge in [0.05, 0.1) is 13.2 Å². The number of H-pyrrole nitrogens is 1. The lowest BCUT2D eigenvalue weighted by atomic mass is 10.1. The van der Waals surface area contributed by atoms with E-state index in [4.69, 9.17) is 9.15 Å². The second kappa shape index (κ2) is 6.70. The maximum Gasteiger partial charge on any atom is 0.373 e. The number of esters is 2. The van der Waals surface area contributed by atoms with Gasteiger partial charge in [-0.25, -0.2) is 9.59 Å². The number of carbonyl (C=O) groups is 2. The molecular formula is C16H19NO6. The Balaban J connectivity index is 2.07. The third-order valence-corrected chi connectivity index (χ3v) is 3.51. The summed E-state index contributed by atoms with van der Waals surface area (Å²) in [5.74, 6) is -0.786. The average molecular weight is 321 g/mol. The zero-order chi connectivity index (χ0) is 17.1. The van der Waals surface area contributed by atoms with E-state index in [1.807, 2.05) is 0 Å². The minimum absolute atomic E-state index is 0.0434. The number of rotatable bonds is 5. The molecule has 2 aromatic rings. The Bertz CT molecular complexity index is 725. The Labute approximate surface area is 133 Å². The van der Waals surface area contributed by atoms with Crippen LogP contribution in [0.4, 0.5) is 0 Å². The SMILES string of the molecule is COC(=O)c1ccc(COC(=O)c2[nH]c(C)c([C@@H](C)O)c2C)o1. The topological polar surface area (TPSA) is 102 Å². The lowest BCUT2D eigenvalue weighted by molar-refractivity contribution is 0.0431. The van der Waals surface area contributed by atoms with Crippen molar-refractivity contribution < 1.29 is 28.6 Å². The second-order valence-electron chi connectivity index (χ2n) is 5.17. The van der Waals surface area contributed by atoms with Crippen LogP contribution in [0.1, 0.15) is 56.7 Å². The molecule has 23 heavy (non-hydrogen) atoms. The van der Waals surface area contributed by atoms with Crippen LogP contribution >= 0.6 is 0 Å². The van der Waals surface area contributed by atoms with Crippen molar-refractivity contribution in [1.82, 2.24) is 4.98 Å². The van der Waals surface area contributed by atoms with Gasteiger partial charge in [0, 0.05) is 11.3 Å². The molecule has 0 saturated carbocycles. The minimum atomic E-state index is -0.680. The van der Waals surface area contributed by atoms with Gasteiger partial charge in [0.1, 0.15) is 18.1 Å². The van der Waals surface area contributed by atoms with Gasteiger partial charge < -0.3 is 24.0 Å². The molecule has 0 unspecified atom stereocenters. The molecule has 2 aromatic heterocycles. The average Bonchev–Trinajstić information content (AvgIpc) is 3.08. The molecule has 7 nitrogen and oxygen atoms in total. The predicted octanol–water partition coefficient (Wildman–Crippen LogP) is 2.42. The van der Waals surface area contributed by atoms with E-state index in [0.29, 0.717) is 16.9 Å². The van der Waals surface area contributed by atoms with Gasteiger partial charge in [-0.15, -0.1) is 0 Å². The maximum atomic E-state index is 12.2. The Morgan fingerprint density at radius 2 is 2.00 bits per heavy atom. The number of methoxy groups -OCH3 is 1. The van der Waals surface area contributed by atoms with Crippen LogP contribution in [0, 0.1) is 13.8 Å². The molecule has 0 spiro atoms. The molecule has 124 valence electrons. The number of ether oxygens (including phenoxy) is 2. The molecule has 1 atom stereocenters. The summed E-state index contributed by atoms with van der Waals surface area (Å²) in [5, 5.41) is 9.74. The first-order chi connectivity index (χ1) is 10.8. The van der Waals surface area contributed by atoms with Crippen LogP contribution < -0.4 is 0 Å². The van der Waals surface area contributed by atoms with E-state index >= 15 is 0 Å². The highest BCUT2D eigenvalue weighted by Crippen LogP contribution is 2.25. The van der Waals surface area contributed by atoms with E-state index < -0.39 is 18.0 Å². The number of aliphatic hydroxyl groups is 1. The van der Waals surface area contributed by atoms with E-state index in [1.54, 1.807) is 20.8 Å². The van der Waals surface area contributed by atoms with Crippen molar-refractivity contribution >= 4 is 11.9 Å². The van der Waals surface area contributed by atoms with E-state index in [2.05, 4.69) is 9.72 Å². The summed E-state index contributed by atoms with van der Waals surface area (Å²) in [6.45, 7) is 5.04. The quantitative estimate of drug-likeness (QED) is 0.820. The molecule has 2 N–H and O–H groups in total. The smallest absolute Gasteiger partial charge is 0.373 e. The van der Waals surface area contributed by atoms with Crippen LogP contribution in [0.3, 0.4) is 0 Å². The van der Waals surface area contributed by atoms with E-state index in [9.17, 15) is 14.7 Å². The molecular weight excluding hydrogens is 302 g/mol. The summed E-state index contributed by atoms with van der Waals surface area (Å²) in [6, 6.07) is 2.98. The van der Waals surface area contributed by atoms with Crippen molar-refractivity contribution in [2.24, 2.45) is 0 Å². The first-order valence-electron chi connectivity index (χ1n) is 7.06. The van der Waals surface area contributed by atoms with Crippen LogP contribution in [0.2, 0.25) is 0 Å². The molecule has 0 fully saturated rings. The number of hydrogen-bond donors (Lipinski definition) is 2. The lowest BCUT2D eigenvalue weighted by Crippen LogP contribution is -2.07. The van der Waals surface area contributed by atoms with Gasteiger partial charge in [-0.2, -0.15) is 0 Å². The van der Waals surface area contributed by atoms with Gasteiger partial charge in [0.15, 0.2) is 0 Å². The van der Waals surface area contributed by atoms with Crippen molar-refractivity contribution in [3.05, 3.63) is 46.2 Å². The molecule has 0 bridgehead atoms. The van der Waals surface area contributed by atoms with Crippen molar-refractivity contribution in [3.8, 4) is 0 Å². The summed E-state index contributed by atoms with van der Waals surface area (Å²) in [7, 11) is 1.25. The zero-order valence-electron chi connectivity index (χ0n) is 13.4. The third-order valence-electron chi connectivity index (χ3n) is 3.51. The second-order valence-corrected chi connectivity index (χ2v) is 5.17. The Kier molecular flexibility index (Phi) is 4.90. The number of nitrogens with one attached hydrogen (secondary N) is 1. The Hall–Kier alpha value is -2.54. The molecule has 7 heteroatoms. The number of aryl methyl sites for hydroxylation is 1. The van der Waals surface area contributed by atoms with E-state index in [-0.39, 0.29) is 18.1 Å². The predicted molar refractivity (Wildman–Crippen MR) is 80.1 cm³/mol. The highest BCUT2D eigenvalue weighted by molar-refractivity contribution is 5.90. The largest absolute Gasteiger partial charge is 0.463 e. The highest BCUT2D eigenvalue weighted by Gasteiger charge is 2.21. The number of aliphatic hydroxyl groups excluding tert-OH is 1. The van der Waals surface area contributed by atoms with E-state index in [0.717, 1.165) is 5.69 Å². The molecule has 0 radical (unpaired) electrons. The fourth-order valence-electron chi connectivity index (χ4n) is 2.47. The Morgan fingerprint density at radius 1 is 1.30 bits per heavy atom. The molecule has 0 aromatic carbocycles. The van der Waals surface area contributed by atoms with Gasteiger partial charge in [-0.05, 0) is 38.5 Å². The minimum Gasteiger partial charge on any atom is -0.463 e. The van der Waals surface area contributed by atoms with Crippen LogP contribution in [0.25, 0.3) is 0 Å². The fourth-order valence-corrected chi connectivity index (χ4v) is 2.47. The maximum absolute atomic E-state index is 12.2. The standard InChI is InChI=1S/C16H19NO6/c1-8-13(10(3)18)9(2)17-14(8)16(20)22-7-11-5-6-12(23-11)15(19)21-4/h5-6,10,17-18H,7H2,1-4H3/t10-/m1/s1. The van der Waals surface area contributed by atoms with E-state index in [1.165, 1.54) is 19.2 Å². The number of hydrogen-bond acceptors (Lipinski definition) is 6. The summed E-state index contributed by atoms with van der Waals surface area (Å²) < 4.78 is 14.9. The molecule has 0 aliphatic rings. The van der Waals surface area contributed by atoms with Gasteiger partial charge in [-0.1, -0.05) is 0 Å². The third kappa shape index (κ3) is 3.45. The van der Waals surface area contributed by atoms with Gasteiger partial charge in [-0.3, -0.25) is 0 Å². The highest BCUT2D eigenvalue weighted by atomic mass is 16.6.